The Labute approximate surface area is 57.3 Å². The molecular formula is C7H16N2. The van der Waals surface area contributed by atoms with Crippen LogP contribution in [0.5, 0.6) is 0 Å². The summed E-state index contributed by atoms with van der Waals surface area (Å²) in [7, 11) is 3.89. The average molecular weight is 128 g/mol. The van der Waals surface area contributed by atoms with Gasteiger partial charge < -0.3 is 10.6 Å². The molecule has 0 amide bonds. The second-order valence-electron chi connectivity index (χ2n) is 1.94. The van der Waals surface area contributed by atoms with Crippen LogP contribution in [0, 0.1) is 0 Å². The molecule has 2 N–H and O–H groups in total. The third-order valence-corrected chi connectivity index (χ3v) is 1.08. The Kier molecular flexibility index (Phi) is 7.08. The van der Waals surface area contributed by atoms with Gasteiger partial charge in [-0.2, -0.15) is 0 Å². The molecule has 9 heavy (non-hydrogen) atoms. The summed E-state index contributed by atoms with van der Waals surface area (Å²) in [6.07, 6.45) is 6.48. The predicted octanol–water partition coefficient (Wildman–Crippen LogP) is 0.719. The van der Waals surface area contributed by atoms with E-state index in [2.05, 4.69) is 16.7 Å². The van der Waals surface area contributed by atoms with Crippen LogP contribution < -0.4 is 10.6 Å². The Balaban J connectivity index is 2.82. The van der Waals surface area contributed by atoms with Gasteiger partial charge in [0.25, 0.3) is 0 Å². The molecule has 0 aromatic rings. The van der Waals surface area contributed by atoms with E-state index in [9.17, 15) is 0 Å². The van der Waals surface area contributed by atoms with Crippen molar-refractivity contribution in [1.29, 1.82) is 0 Å². The lowest BCUT2D eigenvalue weighted by molar-refractivity contribution is 0.734. The zero-order chi connectivity index (χ0) is 6.95. The predicted molar refractivity (Wildman–Crippen MR) is 41.4 cm³/mol. The Hall–Kier alpha value is -0.500. The van der Waals surface area contributed by atoms with Crippen LogP contribution in [0.25, 0.3) is 0 Å². The first-order valence-corrected chi connectivity index (χ1v) is 3.38. The first-order chi connectivity index (χ1) is 4.41. The van der Waals surface area contributed by atoms with Crippen LogP contribution in [0.1, 0.15) is 12.8 Å². The number of hydrogen-bond donors (Lipinski definition) is 2. The number of nitrogens with one attached hydrogen (secondary N) is 2. The van der Waals surface area contributed by atoms with Gasteiger partial charge in [-0.1, -0.05) is 6.08 Å². The zero-order valence-corrected chi connectivity index (χ0v) is 6.28. The zero-order valence-electron chi connectivity index (χ0n) is 6.28. The van der Waals surface area contributed by atoms with Gasteiger partial charge in [0.15, 0.2) is 0 Å². The smallest absolute Gasteiger partial charge is 0.00276 e. The van der Waals surface area contributed by atoms with Gasteiger partial charge in [0.2, 0.25) is 0 Å². The maximum absolute atomic E-state index is 3.09. The summed E-state index contributed by atoms with van der Waals surface area (Å²) >= 11 is 0. The van der Waals surface area contributed by atoms with Crippen molar-refractivity contribution >= 4 is 0 Å². The summed E-state index contributed by atoms with van der Waals surface area (Å²) in [6, 6.07) is 0. The van der Waals surface area contributed by atoms with Gasteiger partial charge in [0.05, 0.1) is 0 Å². The second kappa shape index (κ2) is 7.50. The molecule has 0 aliphatic carbocycles. The van der Waals surface area contributed by atoms with Crippen molar-refractivity contribution in [2.75, 3.05) is 20.6 Å². The lowest BCUT2D eigenvalue weighted by Crippen LogP contribution is -2.06. The fraction of sp³-hybridized carbons (Fsp3) is 0.714. The van der Waals surface area contributed by atoms with Crippen LogP contribution in [-0.2, 0) is 0 Å². The molecule has 0 radical (unpaired) electrons. The normalized spacial score (nSPS) is 10.4. The molecule has 0 aliphatic rings. The van der Waals surface area contributed by atoms with E-state index in [4.69, 9.17) is 0 Å². The summed E-state index contributed by atoms with van der Waals surface area (Å²) in [6.45, 7) is 1.11. The molecule has 0 saturated carbocycles. The SMILES string of the molecule is CNC=CCCCNC. The molecule has 0 fully saturated rings. The van der Waals surface area contributed by atoms with Crippen molar-refractivity contribution in [1.82, 2.24) is 10.6 Å². The Bertz CT molecular complexity index is 69.3. The quantitative estimate of drug-likeness (QED) is 0.533. The van der Waals surface area contributed by atoms with Crippen LogP contribution in [0.4, 0.5) is 0 Å². The fourth-order valence-electron chi connectivity index (χ4n) is 0.598. The van der Waals surface area contributed by atoms with Gasteiger partial charge in [-0.15, -0.1) is 0 Å². The summed E-state index contributed by atoms with van der Waals surface area (Å²) in [5.74, 6) is 0. The highest BCUT2D eigenvalue weighted by Crippen LogP contribution is 1.86. The Morgan fingerprint density at radius 1 is 1.33 bits per heavy atom. The third kappa shape index (κ3) is 7.50. The minimum absolute atomic E-state index is 1.11. The van der Waals surface area contributed by atoms with Gasteiger partial charge in [-0.05, 0) is 32.6 Å². The first kappa shape index (κ1) is 8.50. The molecule has 0 aromatic heterocycles. The minimum Gasteiger partial charge on any atom is -0.394 e. The summed E-state index contributed by atoms with van der Waals surface area (Å²) in [4.78, 5) is 0. The lowest BCUT2D eigenvalue weighted by Gasteiger charge is -1.92. The van der Waals surface area contributed by atoms with Crippen LogP contribution in [0.3, 0.4) is 0 Å². The summed E-state index contributed by atoms with van der Waals surface area (Å²) < 4.78 is 0. The molecule has 2 nitrogen and oxygen atoms in total. The van der Waals surface area contributed by atoms with Crippen molar-refractivity contribution < 1.29 is 0 Å². The molecule has 0 rings (SSSR count). The van der Waals surface area contributed by atoms with Crippen molar-refractivity contribution in [3.05, 3.63) is 12.3 Å². The van der Waals surface area contributed by atoms with E-state index in [1.165, 1.54) is 6.42 Å². The maximum Gasteiger partial charge on any atom is 0.00276 e. The van der Waals surface area contributed by atoms with Crippen LogP contribution >= 0.6 is 0 Å². The van der Waals surface area contributed by atoms with Crippen LogP contribution in [0.15, 0.2) is 12.3 Å². The van der Waals surface area contributed by atoms with E-state index in [1.807, 2.05) is 20.3 Å². The largest absolute Gasteiger partial charge is 0.394 e. The molecule has 0 bridgehead atoms. The topological polar surface area (TPSA) is 24.1 Å². The molecule has 0 spiro atoms. The van der Waals surface area contributed by atoms with Crippen LogP contribution in [-0.4, -0.2) is 20.6 Å². The van der Waals surface area contributed by atoms with Gasteiger partial charge in [0.1, 0.15) is 0 Å². The lowest BCUT2D eigenvalue weighted by atomic mass is 10.3. The van der Waals surface area contributed by atoms with Crippen molar-refractivity contribution in [3.63, 3.8) is 0 Å². The Morgan fingerprint density at radius 3 is 2.67 bits per heavy atom. The monoisotopic (exact) mass is 128 g/mol. The molecule has 0 unspecified atom stereocenters. The average Bonchev–Trinajstić information content (AvgIpc) is 1.89. The molecule has 2 heteroatoms. The summed E-state index contributed by atoms with van der Waals surface area (Å²) in [5.41, 5.74) is 0. The standard InChI is InChI=1S/C7H16N2/c1-8-6-4-3-5-7-9-2/h4,6,8-9H,3,5,7H2,1-2H3. The summed E-state index contributed by atoms with van der Waals surface area (Å²) in [5, 5.41) is 6.03. The molecule has 0 heterocycles. The highest BCUT2D eigenvalue weighted by Gasteiger charge is 1.77. The Morgan fingerprint density at radius 2 is 2.11 bits per heavy atom. The first-order valence-electron chi connectivity index (χ1n) is 3.38. The molecule has 54 valence electrons. The second-order valence-corrected chi connectivity index (χ2v) is 1.94. The minimum atomic E-state index is 1.11. The van der Waals surface area contributed by atoms with E-state index in [-0.39, 0.29) is 0 Å². The number of unbranched alkanes of at least 4 members (excludes halogenated alkanes) is 1. The molecule has 0 aliphatic heterocycles. The third-order valence-electron chi connectivity index (χ3n) is 1.08. The van der Waals surface area contributed by atoms with Crippen LogP contribution in [0.2, 0.25) is 0 Å². The van der Waals surface area contributed by atoms with Crippen molar-refractivity contribution in [2.45, 2.75) is 12.8 Å². The van der Waals surface area contributed by atoms with Gasteiger partial charge in [-0.25, -0.2) is 0 Å². The molecule has 0 saturated heterocycles. The van der Waals surface area contributed by atoms with E-state index in [0.29, 0.717) is 0 Å². The molecule has 0 atom stereocenters. The number of rotatable bonds is 5. The van der Waals surface area contributed by atoms with Crippen molar-refractivity contribution in [2.24, 2.45) is 0 Å². The maximum atomic E-state index is 3.09. The number of hydrogen-bond acceptors (Lipinski definition) is 2. The van der Waals surface area contributed by atoms with Gasteiger partial charge >= 0.3 is 0 Å². The van der Waals surface area contributed by atoms with E-state index >= 15 is 0 Å². The van der Waals surface area contributed by atoms with Gasteiger partial charge in [-0.3, -0.25) is 0 Å². The fourth-order valence-corrected chi connectivity index (χ4v) is 0.598. The highest BCUT2D eigenvalue weighted by molar-refractivity contribution is 4.77. The number of allylic oxidation sites excluding steroid dienone is 1. The molecule has 0 aromatic carbocycles. The molecular weight excluding hydrogens is 112 g/mol. The van der Waals surface area contributed by atoms with E-state index < -0.39 is 0 Å². The van der Waals surface area contributed by atoms with E-state index in [0.717, 1.165) is 13.0 Å². The highest BCUT2D eigenvalue weighted by atomic mass is 14.8. The van der Waals surface area contributed by atoms with E-state index in [1.54, 1.807) is 0 Å². The van der Waals surface area contributed by atoms with Crippen molar-refractivity contribution in [3.8, 4) is 0 Å². The van der Waals surface area contributed by atoms with Gasteiger partial charge in [0, 0.05) is 7.05 Å².